The molecule has 0 radical (unpaired) electrons. The summed E-state index contributed by atoms with van der Waals surface area (Å²) in [6.45, 7) is -0.929. The molecule has 8 heteroatoms. The van der Waals surface area contributed by atoms with Crippen LogP contribution in [0.15, 0.2) is 91.0 Å². The molecule has 1 aliphatic rings. The number of ether oxygens (including phenoxy) is 5. The third-order valence-corrected chi connectivity index (χ3v) is 6.98. The van der Waals surface area contributed by atoms with Gasteiger partial charge in [0.15, 0.2) is 0 Å². The Kier molecular flexibility index (Phi) is 11.0. The molecule has 6 nitrogen and oxygen atoms in total. The van der Waals surface area contributed by atoms with Crippen LogP contribution >= 0.6 is 0 Å². The first kappa shape index (κ1) is 29.3. The molecule has 0 bridgehead atoms. The zero-order chi connectivity index (χ0) is 27.5. The van der Waals surface area contributed by atoms with Crippen molar-refractivity contribution in [2.24, 2.45) is 11.8 Å². The van der Waals surface area contributed by atoms with Crippen molar-refractivity contribution in [1.29, 1.82) is 0 Å². The molecule has 1 aliphatic carbocycles. The van der Waals surface area contributed by atoms with E-state index in [1.807, 2.05) is 91.0 Å². The largest absolute Gasteiger partial charge is 0.396 e. The second-order valence-electron chi connectivity index (χ2n) is 9.63. The Morgan fingerprint density at radius 1 is 0.641 bits per heavy atom. The van der Waals surface area contributed by atoms with Gasteiger partial charge in [0.2, 0.25) is 0 Å². The molecule has 0 heterocycles. The molecule has 3 aromatic carbocycles. The Balaban J connectivity index is 1.67. The third kappa shape index (κ3) is 7.69. The van der Waals surface area contributed by atoms with E-state index in [1.165, 1.54) is 7.11 Å². The van der Waals surface area contributed by atoms with Gasteiger partial charge in [-0.15, -0.1) is 0 Å². The zero-order valence-electron chi connectivity index (χ0n) is 22.0. The normalized spacial score (nSPS) is 24.5. The molecule has 210 valence electrons. The lowest BCUT2D eigenvalue weighted by Gasteiger charge is -2.50. The number of aliphatic hydroxyl groups is 1. The smallest absolute Gasteiger partial charge is 0.263 e. The van der Waals surface area contributed by atoms with E-state index in [-0.39, 0.29) is 33.2 Å². The summed E-state index contributed by atoms with van der Waals surface area (Å²) in [5, 5.41) is 10.3. The Morgan fingerprint density at radius 2 is 1.05 bits per heavy atom. The molecule has 0 aliphatic heterocycles. The van der Waals surface area contributed by atoms with Gasteiger partial charge in [0.1, 0.15) is 12.9 Å². The number of alkyl halides is 2. The summed E-state index contributed by atoms with van der Waals surface area (Å²) in [6, 6.07) is 28.1. The quantitative estimate of drug-likeness (QED) is 0.222. The molecular formula is C31H36F2O6. The number of hydrogen-bond acceptors (Lipinski definition) is 6. The summed E-state index contributed by atoms with van der Waals surface area (Å²) in [5.74, 6) is -6.32. The van der Waals surface area contributed by atoms with Crippen LogP contribution in [0.3, 0.4) is 0 Å². The topological polar surface area (TPSA) is 66.4 Å². The van der Waals surface area contributed by atoms with Gasteiger partial charge in [0.25, 0.3) is 5.92 Å². The average molecular weight is 543 g/mol. The first-order valence-corrected chi connectivity index (χ1v) is 13.1. The van der Waals surface area contributed by atoms with Crippen LogP contribution in [-0.2, 0) is 43.5 Å². The molecule has 0 spiro atoms. The van der Waals surface area contributed by atoms with Crippen LogP contribution < -0.4 is 0 Å². The molecule has 1 saturated carbocycles. The van der Waals surface area contributed by atoms with E-state index in [0.717, 1.165) is 16.7 Å². The van der Waals surface area contributed by atoms with Crippen LogP contribution in [-0.4, -0.2) is 56.5 Å². The highest BCUT2D eigenvalue weighted by molar-refractivity contribution is 5.16. The van der Waals surface area contributed by atoms with Crippen molar-refractivity contribution >= 4 is 0 Å². The number of aliphatic hydroxyl groups excluding tert-OH is 1. The Morgan fingerprint density at radius 3 is 1.46 bits per heavy atom. The first-order chi connectivity index (χ1) is 19.0. The van der Waals surface area contributed by atoms with Crippen LogP contribution in [0.25, 0.3) is 0 Å². The second kappa shape index (κ2) is 14.6. The van der Waals surface area contributed by atoms with Crippen molar-refractivity contribution < 1.29 is 37.6 Å². The van der Waals surface area contributed by atoms with Crippen molar-refractivity contribution in [3.63, 3.8) is 0 Å². The second-order valence-corrected chi connectivity index (χ2v) is 9.63. The van der Waals surface area contributed by atoms with Crippen LogP contribution in [0, 0.1) is 11.8 Å². The summed E-state index contributed by atoms with van der Waals surface area (Å²) in [6.07, 6.45) is -3.15. The lowest BCUT2D eigenvalue weighted by Crippen LogP contribution is -2.65. The van der Waals surface area contributed by atoms with E-state index < -0.39 is 42.7 Å². The molecule has 1 fully saturated rings. The Hall–Kier alpha value is -2.72. The molecule has 4 rings (SSSR count). The van der Waals surface area contributed by atoms with E-state index in [2.05, 4.69) is 0 Å². The highest BCUT2D eigenvalue weighted by atomic mass is 19.3. The van der Waals surface area contributed by atoms with Gasteiger partial charge in [-0.25, -0.2) is 8.78 Å². The van der Waals surface area contributed by atoms with Crippen LogP contribution in [0.1, 0.15) is 16.7 Å². The first-order valence-electron chi connectivity index (χ1n) is 13.1. The standard InChI is InChI=1S/C31H36F2O6/c1-35-22-36-21-27-29(38-19-24-13-7-3-8-14-24)30(39-20-25-15-9-4-10-16-25)28(26(17-34)31(27,32)33)37-18-23-11-5-2-6-12-23/h2-16,26-30,34H,17-22H2,1H3/t26-,27+,28-,29+,30+/m1/s1. The van der Waals surface area contributed by atoms with Crippen molar-refractivity contribution in [2.45, 2.75) is 44.1 Å². The minimum Gasteiger partial charge on any atom is -0.396 e. The maximum absolute atomic E-state index is 16.2. The minimum atomic E-state index is -3.38. The minimum absolute atomic E-state index is 0.0829. The Bertz CT molecular complexity index is 1090. The molecule has 0 saturated heterocycles. The number of methoxy groups -OCH3 is 1. The van der Waals surface area contributed by atoms with Crippen molar-refractivity contribution in [3.05, 3.63) is 108 Å². The number of halogens is 2. The maximum Gasteiger partial charge on any atom is 0.263 e. The van der Waals surface area contributed by atoms with E-state index >= 15 is 8.78 Å². The summed E-state index contributed by atoms with van der Waals surface area (Å²) in [7, 11) is 1.43. The third-order valence-electron chi connectivity index (χ3n) is 6.98. The van der Waals surface area contributed by atoms with Gasteiger partial charge in [0.05, 0.1) is 57.1 Å². The highest BCUT2D eigenvalue weighted by Gasteiger charge is 2.62. The predicted octanol–water partition coefficient (Wildman–Crippen LogP) is 5.24. The molecule has 39 heavy (non-hydrogen) atoms. The van der Waals surface area contributed by atoms with Gasteiger partial charge in [-0.3, -0.25) is 0 Å². The van der Waals surface area contributed by atoms with Crippen LogP contribution in [0.4, 0.5) is 8.78 Å². The fourth-order valence-corrected chi connectivity index (χ4v) is 4.96. The molecule has 0 amide bonds. The van der Waals surface area contributed by atoms with E-state index in [0.29, 0.717) is 0 Å². The molecule has 0 aromatic heterocycles. The van der Waals surface area contributed by atoms with Crippen molar-refractivity contribution in [2.75, 3.05) is 27.1 Å². The monoisotopic (exact) mass is 542 g/mol. The number of benzene rings is 3. The summed E-state index contributed by atoms with van der Waals surface area (Å²) >= 11 is 0. The Labute approximate surface area is 228 Å². The van der Waals surface area contributed by atoms with E-state index in [9.17, 15) is 5.11 Å². The van der Waals surface area contributed by atoms with Crippen LogP contribution in [0.2, 0.25) is 0 Å². The zero-order valence-corrected chi connectivity index (χ0v) is 22.0. The van der Waals surface area contributed by atoms with Gasteiger partial charge in [0, 0.05) is 7.11 Å². The van der Waals surface area contributed by atoms with Crippen LogP contribution in [0.5, 0.6) is 0 Å². The predicted molar refractivity (Wildman–Crippen MR) is 142 cm³/mol. The van der Waals surface area contributed by atoms with E-state index in [1.54, 1.807) is 0 Å². The fourth-order valence-electron chi connectivity index (χ4n) is 4.96. The van der Waals surface area contributed by atoms with Gasteiger partial charge in [-0.1, -0.05) is 91.0 Å². The molecule has 1 N–H and O–H groups in total. The maximum atomic E-state index is 16.2. The van der Waals surface area contributed by atoms with Gasteiger partial charge in [-0.05, 0) is 16.7 Å². The summed E-state index contributed by atoms with van der Waals surface area (Å²) < 4.78 is 61.4. The van der Waals surface area contributed by atoms with Crippen molar-refractivity contribution in [3.8, 4) is 0 Å². The fraction of sp³-hybridized carbons (Fsp3) is 0.419. The van der Waals surface area contributed by atoms with Gasteiger partial charge < -0.3 is 28.8 Å². The number of rotatable bonds is 14. The van der Waals surface area contributed by atoms with E-state index in [4.69, 9.17) is 23.7 Å². The van der Waals surface area contributed by atoms with Gasteiger partial charge in [-0.2, -0.15) is 0 Å². The molecular weight excluding hydrogens is 506 g/mol. The SMILES string of the molecule is COCOC[C@H]1[C@H](OCc2ccccc2)[C@@H](OCc2ccccc2)[C@H](OCc2ccccc2)[C@@H](CO)C1(F)F. The average Bonchev–Trinajstić information content (AvgIpc) is 2.97. The number of hydrogen-bond donors (Lipinski definition) is 1. The van der Waals surface area contributed by atoms with Gasteiger partial charge >= 0.3 is 0 Å². The van der Waals surface area contributed by atoms with Crippen molar-refractivity contribution in [1.82, 2.24) is 0 Å². The molecule has 0 unspecified atom stereocenters. The highest BCUT2D eigenvalue weighted by Crippen LogP contribution is 2.47. The lowest BCUT2D eigenvalue weighted by atomic mass is 9.72. The lowest BCUT2D eigenvalue weighted by molar-refractivity contribution is -0.294. The molecule has 5 atom stereocenters. The summed E-state index contributed by atoms with van der Waals surface area (Å²) in [4.78, 5) is 0. The molecule has 3 aromatic rings. The summed E-state index contributed by atoms with van der Waals surface area (Å²) in [5.41, 5.74) is 2.54.